The van der Waals surface area contributed by atoms with Crippen LogP contribution in [-0.4, -0.2) is 77.7 Å². The van der Waals surface area contributed by atoms with Crippen molar-refractivity contribution in [2.24, 2.45) is 5.73 Å². The van der Waals surface area contributed by atoms with Crippen LogP contribution in [0, 0.1) is 0 Å². The SMILES string of the molecule is CCN(C(=O)c1cc2c(cc1C(F)(F)F)OC(C)(C)C(=O)N2CCN)[C@H]1CN(C(=O)OC(C)(C)C)CC[C@@H]1c1ccccc1. The minimum atomic E-state index is -4.90. The molecule has 0 aliphatic carbocycles. The predicted molar refractivity (Wildman–Crippen MR) is 160 cm³/mol. The van der Waals surface area contributed by atoms with Crippen molar-refractivity contribution in [3.8, 4) is 5.75 Å². The summed E-state index contributed by atoms with van der Waals surface area (Å²) in [6, 6.07) is 10.6. The number of hydrogen-bond acceptors (Lipinski definition) is 6. The molecule has 2 aliphatic heterocycles. The van der Waals surface area contributed by atoms with Crippen molar-refractivity contribution >= 4 is 23.6 Å². The Labute approximate surface area is 256 Å². The number of hydrogen-bond donors (Lipinski definition) is 1. The van der Waals surface area contributed by atoms with Crippen molar-refractivity contribution < 1.29 is 37.0 Å². The second-order valence-electron chi connectivity index (χ2n) is 12.6. The van der Waals surface area contributed by atoms with Crippen LogP contribution in [0.3, 0.4) is 0 Å². The highest BCUT2D eigenvalue weighted by molar-refractivity contribution is 6.05. The summed E-state index contributed by atoms with van der Waals surface area (Å²) in [5, 5.41) is 0. The van der Waals surface area contributed by atoms with Crippen molar-refractivity contribution in [2.45, 2.75) is 77.3 Å². The molecule has 2 aromatic carbocycles. The Morgan fingerprint density at radius 2 is 1.80 bits per heavy atom. The number of fused-ring (bicyclic) bond motifs is 1. The number of likely N-dealkylation sites (N-methyl/N-ethyl adjacent to an activating group) is 1. The molecule has 2 heterocycles. The standard InChI is InChI=1S/C32H41F3N4O5/c1-7-38(25-19-37(29(42)44-30(2,3)4)15-13-21(25)20-11-9-8-10-12-20)27(40)22-17-24-26(18-23(22)32(33,34)35)43-31(5,6)28(41)39(24)16-14-36/h8-12,17-18,21,25H,7,13-16,19,36H2,1-6H3/t21-,25+/m1/s1. The Hall–Kier alpha value is -3.80. The van der Waals surface area contributed by atoms with E-state index in [1.165, 1.54) is 28.5 Å². The van der Waals surface area contributed by atoms with Crippen LogP contribution in [0.5, 0.6) is 5.75 Å². The third-order valence-electron chi connectivity index (χ3n) is 7.87. The van der Waals surface area contributed by atoms with Crippen molar-refractivity contribution in [2.75, 3.05) is 37.6 Å². The second-order valence-corrected chi connectivity index (χ2v) is 12.6. The van der Waals surface area contributed by atoms with E-state index in [4.69, 9.17) is 15.2 Å². The van der Waals surface area contributed by atoms with Gasteiger partial charge in [-0.1, -0.05) is 30.3 Å². The molecule has 1 fully saturated rings. The molecule has 9 nitrogen and oxygen atoms in total. The molecular formula is C32H41F3N4O5. The number of ether oxygens (including phenoxy) is 2. The van der Waals surface area contributed by atoms with E-state index >= 15 is 0 Å². The second kappa shape index (κ2) is 12.3. The Balaban J connectivity index is 1.82. The van der Waals surface area contributed by atoms with Crippen LogP contribution in [0.4, 0.5) is 23.7 Å². The van der Waals surface area contributed by atoms with Gasteiger partial charge in [-0.3, -0.25) is 9.59 Å². The third kappa shape index (κ3) is 6.80. The van der Waals surface area contributed by atoms with Crippen LogP contribution >= 0.6 is 0 Å². The van der Waals surface area contributed by atoms with Gasteiger partial charge < -0.3 is 29.9 Å². The van der Waals surface area contributed by atoms with Crippen molar-refractivity contribution in [3.63, 3.8) is 0 Å². The summed E-state index contributed by atoms with van der Waals surface area (Å²) < 4.78 is 55.0. The molecule has 240 valence electrons. The Bertz CT molecular complexity index is 1390. The first kappa shape index (κ1) is 33.1. The molecule has 3 amide bonds. The maximum absolute atomic E-state index is 14.6. The topological polar surface area (TPSA) is 105 Å². The normalized spacial score (nSPS) is 20.1. The molecule has 12 heteroatoms. The van der Waals surface area contributed by atoms with Crippen molar-refractivity contribution in [1.29, 1.82) is 0 Å². The largest absolute Gasteiger partial charge is 0.476 e. The molecule has 0 spiro atoms. The lowest BCUT2D eigenvalue weighted by Gasteiger charge is -2.44. The number of anilines is 1. The molecule has 0 saturated carbocycles. The fourth-order valence-corrected chi connectivity index (χ4v) is 5.89. The van der Waals surface area contributed by atoms with E-state index in [-0.39, 0.29) is 43.5 Å². The molecule has 1 saturated heterocycles. The number of amides is 3. The number of rotatable bonds is 6. The van der Waals surface area contributed by atoms with Gasteiger partial charge in [0.15, 0.2) is 5.60 Å². The number of likely N-dealkylation sites (tertiary alicyclic amines) is 1. The number of nitrogens with two attached hydrogens (primary N) is 1. The zero-order valence-corrected chi connectivity index (χ0v) is 26.0. The Kier molecular flexibility index (Phi) is 9.25. The van der Waals surface area contributed by atoms with Crippen LogP contribution in [0.2, 0.25) is 0 Å². The van der Waals surface area contributed by atoms with Gasteiger partial charge in [-0.25, -0.2) is 4.79 Å². The number of benzene rings is 2. The molecule has 0 aromatic heterocycles. The van der Waals surface area contributed by atoms with Gasteiger partial charge in [0.25, 0.3) is 11.8 Å². The first-order valence-electron chi connectivity index (χ1n) is 14.8. The highest BCUT2D eigenvalue weighted by Crippen LogP contribution is 2.44. The van der Waals surface area contributed by atoms with Gasteiger partial charge in [-0.15, -0.1) is 0 Å². The summed E-state index contributed by atoms with van der Waals surface area (Å²) in [4.78, 5) is 44.7. The van der Waals surface area contributed by atoms with Crippen LogP contribution in [0.25, 0.3) is 0 Å². The average Bonchev–Trinajstić information content (AvgIpc) is 2.94. The fourth-order valence-electron chi connectivity index (χ4n) is 5.89. The third-order valence-corrected chi connectivity index (χ3v) is 7.87. The van der Waals surface area contributed by atoms with E-state index in [0.717, 1.165) is 17.7 Å². The molecular weight excluding hydrogens is 577 g/mol. The minimum Gasteiger partial charge on any atom is -0.476 e. The van der Waals surface area contributed by atoms with Crippen molar-refractivity contribution in [1.82, 2.24) is 9.80 Å². The molecule has 4 rings (SSSR count). The van der Waals surface area contributed by atoms with E-state index in [1.807, 2.05) is 30.3 Å². The van der Waals surface area contributed by atoms with Crippen LogP contribution in [0.15, 0.2) is 42.5 Å². The number of halogens is 3. The van der Waals surface area contributed by atoms with E-state index in [1.54, 1.807) is 27.7 Å². The van der Waals surface area contributed by atoms with E-state index < -0.39 is 52.5 Å². The van der Waals surface area contributed by atoms with Gasteiger partial charge in [-0.2, -0.15) is 13.2 Å². The molecule has 2 aromatic rings. The molecule has 2 aliphatic rings. The quantitative estimate of drug-likeness (QED) is 0.464. The highest BCUT2D eigenvalue weighted by atomic mass is 19.4. The van der Waals surface area contributed by atoms with Crippen LogP contribution in [0.1, 0.15) is 75.4 Å². The maximum atomic E-state index is 14.6. The van der Waals surface area contributed by atoms with Gasteiger partial charge in [0.1, 0.15) is 11.4 Å². The number of alkyl halides is 3. The highest BCUT2D eigenvalue weighted by Gasteiger charge is 2.46. The smallest absolute Gasteiger partial charge is 0.417 e. The number of piperidine rings is 1. The van der Waals surface area contributed by atoms with E-state index in [9.17, 15) is 27.6 Å². The number of carbonyl (C=O) groups excluding carboxylic acids is 3. The molecule has 0 radical (unpaired) electrons. The first-order chi connectivity index (χ1) is 20.5. The van der Waals surface area contributed by atoms with Crippen LogP contribution < -0.4 is 15.4 Å². The average molecular weight is 619 g/mol. The summed E-state index contributed by atoms with van der Waals surface area (Å²) in [5.41, 5.74) is 2.73. The first-order valence-corrected chi connectivity index (χ1v) is 14.8. The monoisotopic (exact) mass is 618 g/mol. The van der Waals surface area contributed by atoms with Gasteiger partial charge in [-0.05, 0) is 65.7 Å². The van der Waals surface area contributed by atoms with Crippen LogP contribution in [-0.2, 0) is 15.7 Å². The van der Waals surface area contributed by atoms with Gasteiger partial charge in [0.2, 0.25) is 0 Å². The lowest BCUT2D eigenvalue weighted by atomic mass is 9.84. The van der Waals surface area contributed by atoms with Gasteiger partial charge >= 0.3 is 12.3 Å². The summed E-state index contributed by atoms with van der Waals surface area (Å²) in [6.07, 6.45) is -4.99. The lowest BCUT2D eigenvalue weighted by Crippen LogP contribution is -2.56. The molecule has 2 N–H and O–H groups in total. The lowest BCUT2D eigenvalue weighted by molar-refractivity contribution is -0.138. The fraction of sp³-hybridized carbons (Fsp3) is 0.531. The number of carbonyl (C=O) groups is 3. The Morgan fingerprint density at radius 3 is 2.36 bits per heavy atom. The number of nitrogens with zero attached hydrogens (tertiary/aromatic N) is 3. The summed E-state index contributed by atoms with van der Waals surface area (Å²) in [5.74, 6) is -1.77. The van der Waals surface area contributed by atoms with E-state index in [2.05, 4.69) is 0 Å². The minimum absolute atomic E-state index is 0.0265. The Morgan fingerprint density at radius 1 is 1.14 bits per heavy atom. The summed E-state index contributed by atoms with van der Waals surface area (Å²) >= 11 is 0. The van der Waals surface area contributed by atoms with E-state index in [0.29, 0.717) is 13.0 Å². The molecule has 0 bridgehead atoms. The predicted octanol–water partition coefficient (Wildman–Crippen LogP) is 5.42. The summed E-state index contributed by atoms with van der Waals surface area (Å²) in [7, 11) is 0. The van der Waals surface area contributed by atoms with Crippen molar-refractivity contribution in [3.05, 3.63) is 59.2 Å². The summed E-state index contributed by atoms with van der Waals surface area (Å²) in [6.45, 7) is 10.4. The van der Waals surface area contributed by atoms with Gasteiger partial charge in [0.05, 0.1) is 22.9 Å². The zero-order valence-electron chi connectivity index (χ0n) is 26.0. The zero-order chi connectivity index (χ0) is 32.6. The van der Waals surface area contributed by atoms with Gasteiger partial charge in [0, 0.05) is 38.6 Å². The molecule has 2 atom stereocenters. The molecule has 0 unspecified atom stereocenters. The molecule has 44 heavy (non-hydrogen) atoms. The maximum Gasteiger partial charge on any atom is 0.417 e.